The van der Waals surface area contributed by atoms with Gasteiger partial charge in [0, 0.05) is 19.6 Å². The molecule has 0 aromatic heterocycles. The van der Waals surface area contributed by atoms with Crippen LogP contribution in [0.1, 0.15) is 20.8 Å². The van der Waals surface area contributed by atoms with Crippen LogP contribution in [0.3, 0.4) is 0 Å². The fraction of sp³-hybridized carbons (Fsp3) is 0.900. The number of nitrogens with one attached hydrogen (secondary N) is 1. The summed E-state index contributed by atoms with van der Waals surface area (Å²) in [5.74, 6) is 0. The summed E-state index contributed by atoms with van der Waals surface area (Å²) in [5, 5.41) is 12.5. The van der Waals surface area contributed by atoms with Crippen LogP contribution in [0.5, 0.6) is 0 Å². The molecule has 0 aliphatic carbocycles. The van der Waals surface area contributed by atoms with Crippen LogP contribution in [0.25, 0.3) is 0 Å². The Morgan fingerprint density at radius 2 is 2.20 bits per heavy atom. The summed E-state index contributed by atoms with van der Waals surface area (Å²) < 4.78 is 5.23. The molecule has 0 unspecified atom stereocenters. The van der Waals surface area contributed by atoms with Gasteiger partial charge in [0.05, 0.1) is 12.6 Å². The first-order valence-corrected chi connectivity index (χ1v) is 5.25. The zero-order valence-electron chi connectivity index (χ0n) is 9.62. The highest BCUT2D eigenvalue weighted by Gasteiger charge is 2.25. The molecule has 0 spiro atoms. The number of rotatable bonds is 0. The normalized spacial score (nSPS) is 23.5. The SMILES string of the molecule is CC(C)(C)OC(=O)N1CCNC[C@@H](O)C1. The number of ether oxygens (including phenoxy) is 1. The highest BCUT2D eigenvalue weighted by atomic mass is 16.6. The molecule has 2 N–H and O–H groups in total. The van der Waals surface area contributed by atoms with E-state index in [0.29, 0.717) is 26.2 Å². The average Bonchev–Trinajstić information content (AvgIpc) is 2.26. The minimum Gasteiger partial charge on any atom is -0.444 e. The van der Waals surface area contributed by atoms with Crippen molar-refractivity contribution < 1.29 is 14.6 Å². The van der Waals surface area contributed by atoms with Crippen LogP contribution in [0.15, 0.2) is 0 Å². The lowest BCUT2D eigenvalue weighted by Crippen LogP contribution is -2.41. The summed E-state index contributed by atoms with van der Waals surface area (Å²) in [7, 11) is 0. The number of hydrogen-bond donors (Lipinski definition) is 2. The van der Waals surface area contributed by atoms with Crippen molar-refractivity contribution in [3.63, 3.8) is 0 Å². The van der Waals surface area contributed by atoms with Gasteiger partial charge in [-0.15, -0.1) is 0 Å². The summed E-state index contributed by atoms with van der Waals surface area (Å²) in [4.78, 5) is 13.2. The Balaban J connectivity index is 2.50. The van der Waals surface area contributed by atoms with Gasteiger partial charge in [-0.2, -0.15) is 0 Å². The Hall–Kier alpha value is -0.810. The van der Waals surface area contributed by atoms with E-state index in [1.54, 1.807) is 0 Å². The van der Waals surface area contributed by atoms with Crippen molar-refractivity contribution in [1.82, 2.24) is 10.2 Å². The van der Waals surface area contributed by atoms with Crippen molar-refractivity contribution in [3.05, 3.63) is 0 Å². The molecule has 1 amide bonds. The molecule has 1 aliphatic rings. The van der Waals surface area contributed by atoms with Crippen LogP contribution in [0.2, 0.25) is 0 Å². The Morgan fingerprint density at radius 3 is 2.80 bits per heavy atom. The van der Waals surface area contributed by atoms with Crippen molar-refractivity contribution in [2.24, 2.45) is 0 Å². The number of hydrogen-bond acceptors (Lipinski definition) is 4. The highest BCUT2D eigenvalue weighted by molar-refractivity contribution is 5.68. The maximum absolute atomic E-state index is 11.7. The standard InChI is InChI=1S/C10H20N2O3/c1-10(2,3)15-9(14)12-5-4-11-6-8(13)7-12/h8,11,13H,4-7H2,1-3H3/t8-/m1/s1. The first-order valence-electron chi connectivity index (χ1n) is 5.25. The number of β-amino-alcohol motifs (C(OH)–C–C–N with tert-alkyl or cyclic N) is 1. The maximum Gasteiger partial charge on any atom is 0.410 e. The zero-order chi connectivity index (χ0) is 11.5. The molecule has 0 radical (unpaired) electrons. The minimum atomic E-state index is -0.514. The lowest BCUT2D eigenvalue weighted by Gasteiger charge is -2.26. The second kappa shape index (κ2) is 4.81. The fourth-order valence-electron chi connectivity index (χ4n) is 1.39. The first kappa shape index (κ1) is 12.3. The quantitative estimate of drug-likeness (QED) is 0.606. The molecule has 88 valence electrons. The lowest BCUT2D eigenvalue weighted by atomic mass is 10.2. The summed E-state index contributed by atoms with van der Waals surface area (Å²) in [6, 6.07) is 0. The molecule has 1 aliphatic heterocycles. The Labute approximate surface area is 90.4 Å². The van der Waals surface area contributed by atoms with Gasteiger partial charge in [0.15, 0.2) is 0 Å². The van der Waals surface area contributed by atoms with E-state index in [9.17, 15) is 9.90 Å². The second-order valence-corrected chi connectivity index (χ2v) is 4.78. The predicted molar refractivity (Wildman–Crippen MR) is 56.7 cm³/mol. The van der Waals surface area contributed by atoms with Gasteiger partial charge in [0.25, 0.3) is 0 Å². The van der Waals surface area contributed by atoms with E-state index in [-0.39, 0.29) is 6.09 Å². The van der Waals surface area contributed by atoms with Gasteiger partial charge in [0.1, 0.15) is 5.60 Å². The fourth-order valence-corrected chi connectivity index (χ4v) is 1.39. The summed E-state index contributed by atoms with van der Waals surface area (Å²) in [6.45, 7) is 7.62. The van der Waals surface area contributed by atoms with Gasteiger partial charge in [-0.3, -0.25) is 0 Å². The summed E-state index contributed by atoms with van der Waals surface area (Å²) in [6.07, 6.45) is -0.870. The van der Waals surface area contributed by atoms with Crippen molar-refractivity contribution >= 4 is 6.09 Å². The molecule has 1 saturated heterocycles. The second-order valence-electron chi connectivity index (χ2n) is 4.78. The Kier molecular flexibility index (Phi) is 3.93. The van der Waals surface area contributed by atoms with Gasteiger partial charge >= 0.3 is 6.09 Å². The first-order chi connectivity index (χ1) is 6.88. The van der Waals surface area contributed by atoms with E-state index in [2.05, 4.69) is 5.32 Å². The summed E-state index contributed by atoms with van der Waals surface area (Å²) in [5.41, 5.74) is -0.484. The topological polar surface area (TPSA) is 61.8 Å². The molecule has 1 heterocycles. The molecular weight excluding hydrogens is 196 g/mol. The molecule has 1 fully saturated rings. The number of aliphatic hydroxyl groups excluding tert-OH is 1. The third-order valence-electron chi connectivity index (χ3n) is 2.02. The van der Waals surface area contributed by atoms with Crippen molar-refractivity contribution in [2.45, 2.75) is 32.5 Å². The third kappa shape index (κ3) is 4.48. The molecule has 1 atom stereocenters. The van der Waals surface area contributed by atoms with E-state index in [0.717, 1.165) is 0 Å². The van der Waals surface area contributed by atoms with E-state index >= 15 is 0 Å². The number of amides is 1. The minimum absolute atomic E-state index is 0.335. The highest BCUT2D eigenvalue weighted by Crippen LogP contribution is 2.10. The molecule has 1 rings (SSSR count). The van der Waals surface area contributed by atoms with Crippen LogP contribution in [0.4, 0.5) is 4.79 Å². The molecule has 5 heteroatoms. The van der Waals surface area contributed by atoms with Crippen LogP contribution < -0.4 is 5.32 Å². The van der Waals surface area contributed by atoms with Crippen LogP contribution in [0, 0.1) is 0 Å². The molecule has 0 saturated carbocycles. The van der Waals surface area contributed by atoms with Gasteiger partial charge in [-0.05, 0) is 20.8 Å². The number of nitrogens with zero attached hydrogens (tertiary/aromatic N) is 1. The number of aliphatic hydroxyl groups is 1. The zero-order valence-corrected chi connectivity index (χ0v) is 9.62. The molecule has 0 aromatic rings. The van der Waals surface area contributed by atoms with E-state index < -0.39 is 11.7 Å². The monoisotopic (exact) mass is 216 g/mol. The third-order valence-corrected chi connectivity index (χ3v) is 2.02. The Bertz CT molecular complexity index is 225. The largest absolute Gasteiger partial charge is 0.444 e. The summed E-state index contributed by atoms with van der Waals surface area (Å²) >= 11 is 0. The van der Waals surface area contributed by atoms with Gasteiger partial charge in [-0.25, -0.2) is 4.79 Å². The van der Waals surface area contributed by atoms with E-state index in [1.165, 1.54) is 4.90 Å². The van der Waals surface area contributed by atoms with Crippen molar-refractivity contribution in [1.29, 1.82) is 0 Å². The van der Waals surface area contributed by atoms with Crippen LogP contribution in [-0.2, 0) is 4.74 Å². The lowest BCUT2D eigenvalue weighted by molar-refractivity contribution is 0.0186. The molecule has 0 bridgehead atoms. The van der Waals surface area contributed by atoms with E-state index in [4.69, 9.17) is 4.74 Å². The van der Waals surface area contributed by atoms with Crippen LogP contribution >= 0.6 is 0 Å². The maximum atomic E-state index is 11.7. The molecule has 0 aromatic carbocycles. The predicted octanol–water partition coefficient (Wildman–Crippen LogP) is 0.188. The smallest absolute Gasteiger partial charge is 0.410 e. The van der Waals surface area contributed by atoms with Gasteiger partial charge in [0.2, 0.25) is 0 Å². The molecular formula is C10H20N2O3. The van der Waals surface area contributed by atoms with Crippen LogP contribution in [-0.4, -0.2) is 54.0 Å². The van der Waals surface area contributed by atoms with E-state index in [1.807, 2.05) is 20.8 Å². The van der Waals surface area contributed by atoms with Crippen molar-refractivity contribution in [2.75, 3.05) is 26.2 Å². The molecule has 5 nitrogen and oxygen atoms in total. The number of carbonyl (C=O) groups excluding carboxylic acids is 1. The number of carbonyl (C=O) groups is 1. The average molecular weight is 216 g/mol. The van der Waals surface area contributed by atoms with Gasteiger partial charge < -0.3 is 20.1 Å². The molecule has 15 heavy (non-hydrogen) atoms. The van der Waals surface area contributed by atoms with Crippen molar-refractivity contribution in [3.8, 4) is 0 Å². The van der Waals surface area contributed by atoms with Gasteiger partial charge in [-0.1, -0.05) is 0 Å². The Morgan fingerprint density at radius 1 is 1.53 bits per heavy atom.